The molecule has 0 bridgehead atoms. The molecule has 0 aromatic heterocycles. The summed E-state index contributed by atoms with van der Waals surface area (Å²) in [7, 11) is -1.50. The second-order valence-corrected chi connectivity index (χ2v) is 7.47. The first-order valence-corrected chi connectivity index (χ1v) is 6.80. The van der Waals surface area contributed by atoms with Gasteiger partial charge in [-0.05, 0) is 32.3 Å². The average Bonchev–Trinajstić information content (AvgIpc) is 2.12. The summed E-state index contributed by atoms with van der Waals surface area (Å²) in [4.78, 5) is 11.2. The van der Waals surface area contributed by atoms with E-state index >= 15 is 0 Å². The topological polar surface area (TPSA) is 55.4 Å². The Morgan fingerprint density at radius 3 is 2.19 bits per heavy atom. The number of carbonyl (C=O) groups excluding carboxylic acids is 1. The van der Waals surface area contributed by atoms with Crippen LogP contribution in [0, 0.1) is 5.92 Å². The maximum atomic E-state index is 11.8. The van der Waals surface area contributed by atoms with E-state index in [0.717, 1.165) is 0 Å². The Morgan fingerprint density at radius 2 is 1.81 bits per heavy atom. The van der Waals surface area contributed by atoms with E-state index in [0.29, 0.717) is 0 Å². The van der Waals surface area contributed by atoms with E-state index in [-0.39, 0.29) is 29.7 Å². The molecular formula is C11H23NO3P+. The molecule has 0 saturated heterocycles. The molecule has 0 aliphatic carbocycles. The quantitative estimate of drug-likeness (QED) is 0.600. The van der Waals surface area contributed by atoms with Crippen LogP contribution in [0.25, 0.3) is 0 Å². The van der Waals surface area contributed by atoms with Gasteiger partial charge in [0.25, 0.3) is 0 Å². The largest absolute Gasteiger partial charge is 0.464 e. The summed E-state index contributed by atoms with van der Waals surface area (Å²) in [6.45, 7) is 11.4. The molecule has 0 heterocycles. The number of hydrogen-bond donors (Lipinski definition) is 1. The zero-order valence-electron chi connectivity index (χ0n) is 11.0. The lowest BCUT2D eigenvalue weighted by Gasteiger charge is -2.12. The summed E-state index contributed by atoms with van der Waals surface area (Å²) in [5.74, 6) is -0.344. The van der Waals surface area contributed by atoms with Gasteiger partial charge in [0.2, 0.25) is 0 Å². The molecule has 0 aromatic rings. The molecule has 0 amide bonds. The Hall–Kier alpha value is -0.470. The predicted molar refractivity (Wildman–Crippen MR) is 65.8 cm³/mol. The van der Waals surface area contributed by atoms with Gasteiger partial charge in [0, 0.05) is 0 Å². The van der Waals surface area contributed by atoms with Gasteiger partial charge in [-0.25, -0.2) is 0 Å². The minimum absolute atomic E-state index is 0.0921. The second kappa shape index (κ2) is 6.31. The first kappa shape index (κ1) is 15.5. The first-order chi connectivity index (χ1) is 7.14. The molecule has 94 valence electrons. The van der Waals surface area contributed by atoms with Crippen molar-refractivity contribution in [2.75, 3.05) is 6.61 Å². The van der Waals surface area contributed by atoms with Crippen LogP contribution in [0.4, 0.5) is 0 Å². The van der Waals surface area contributed by atoms with Gasteiger partial charge in [-0.15, -0.1) is 5.09 Å². The fourth-order valence-electron chi connectivity index (χ4n) is 0.805. The number of carbonyl (C=O) groups is 1. The standard InChI is InChI=1S/C11H23NO3P/c1-8(2)10(13)15-7-9(3)12-16(14)11(4,5)6/h8-9H,7H2,1-6H3,(H,12,14)/q+1/t9-/m0/s1. The van der Waals surface area contributed by atoms with Crippen LogP contribution in [-0.4, -0.2) is 23.8 Å². The lowest BCUT2D eigenvalue weighted by atomic mass is 10.2. The van der Waals surface area contributed by atoms with Crippen molar-refractivity contribution in [1.82, 2.24) is 5.09 Å². The Labute approximate surface area is 99.0 Å². The SMILES string of the molecule is CC(C)C(=O)OC[C@H](C)N[P+](=O)C(C)(C)C. The van der Waals surface area contributed by atoms with Crippen molar-refractivity contribution in [3.63, 3.8) is 0 Å². The van der Waals surface area contributed by atoms with Crippen molar-refractivity contribution >= 4 is 13.9 Å². The van der Waals surface area contributed by atoms with Crippen molar-refractivity contribution in [3.05, 3.63) is 0 Å². The van der Waals surface area contributed by atoms with E-state index in [1.54, 1.807) is 13.8 Å². The third-order valence-corrected chi connectivity index (χ3v) is 3.79. The summed E-state index contributed by atoms with van der Waals surface area (Å²) in [5, 5.41) is 2.67. The van der Waals surface area contributed by atoms with Crippen molar-refractivity contribution in [2.45, 2.75) is 52.7 Å². The average molecular weight is 248 g/mol. The lowest BCUT2D eigenvalue weighted by Crippen LogP contribution is -2.31. The molecule has 0 saturated carbocycles. The van der Waals surface area contributed by atoms with Gasteiger partial charge in [0.1, 0.15) is 6.61 Å². The third-order valence-electron chi connectivity index (χ3n) is 1.89. The van der Waals surface area contributed by atoms with Gasteiger partial charge in [-0.1, -0.05) is 13.8 Å². The zero-order valence-corrected chi connectivity index (χ0v) is 11.9. The highest BCUT2D eigenvalue weighted by Gasteiger charge is 2.36. The highest BCUT2D eigenvalue weighted by atomic mass is 31.1. The highest BCUT2D eigenvalue weighted by molar-refractivity contribution is 7.44. The third kappa shape index (κ3) is 6.19. The van der Waals surface area contributed by atoms with Crippen LogP contribution in [0.5, 0.6) is 0 Å². The minimum Gasteiger partial charge on any atom is -0.464 e. The van der Waals surface area contributed by atoms with Crippen LogP contribution in [0.2, 0.25) is 0 Å². The molecule has 0 radical (unpaired) electrons. The van der Waals surface area contributed by atoms with Gasteiger partial charge in [0.15, 0.2) is 5.16 Å². The molecule has 1 N–H and O–H groups in total. The summed E-state index contributed by atoms with van der Waals surface area (Å²) in [6.07, 6.45) is 0. The monoisotopic (exact) mass is 248 g/mol. The number of rotatable bonds is 5. The highest BCUT2D eigenvalue weighted by Crippen LogP contribution is 2.34. The summed E-state index contributed by atoms with van der Waals surface area (Å²) >= 11 is 0. The number of nitrogens with one attached hydrogen (secondary N) is 1. The Bertz CT molecular complexity index is 258. The maximum Gasteiger partial charge on any atom is 0.437 e. The molecular weight excluding hydrogens is 225 g/mol. The number of hydrogen-bond acceptors (Lipinski definition) is 3. The molecule has 0 aromatic carbocycles. The molecule has 0 rings (SSSR count). The van der Waals surface area contributed by atoms with Crippen LogP contribution >= 0.6 is 7.95 Å². The normalized spacial score (nSPS) is 14.8. The fourth-order valence-corrected chi connectivity index (χ4v) is 1.67. The number of ether oxygens (including phenoxy) is 1. The van der Waals surface area contributed by atoms with E-state index in [9.17, 15) is 9.36 Å². The van der Waals surface area contributed by atoms with Gasteiger partial charge >= 0.3 is 13.9 Å². The van der Waals surface area contributed by atoms with Gasteiger partial charge in [-0.2, -0.15) is 0 Å². The van der Waals surface area contributed by atoms with Crippen molar-refractivity contribution < 1.29 is 14.1 Å². The van der Waals surface area contributed by atoms with Crippen LogP contribution in [0.1, 0.15) is 41.5 Å². The lowest BCUT2D eigenvalue weighted by molar-refractivity contribution is -0.147. The molecule has 16 heavy (non-hydrogen) atoms. The first-order valence-electron chi connectivity index (χ1n) is 5.54. The molecule has 0 spiro atoms. The number of esters is 1. The summed E-state index contributed by atoms with van der Waals surface area (Å²) in [5.41, 5.74) is 0. The molecule has 0 aliphatic rings. The zero-order chi connectivity index (χ0) is 12.9. The smallest absolute Gasteiger partial charge is 0.437 e. The van der Waals surface area contributed by atoms with Crippen LogP contribution < -0.4 is 5.09 Å². The van der Waals surface area contributed by atoms with E-state index in [2.05, 4.69) is 5.09 Å². The van der Waals surface area contributed by atoms with Crippen LogP contribution in [0.15, 0.2) is 0 Å². The van der Waals surface area contributed by atoms with E-state index in [1.807, 2.05) is 27.7 Å². The minimum atomic E-state index is -1.50. The summed E-state index contributed by atoms with van der Waals surface area (Å²) in [6, 6.07) is -0.0921. The summed E-state index contributed by atoms with van der Waals surface area (Å²) < 4.78 is 16.8. The Balaban J connectivity index is 3.97. The van der Waals surface area contributed by atoms with Gasteiger partial charge in [-0.3, -0.25) is 4.79 Å². The maximum absolute atomic E-state index is 11.8. The van der Waals surface area contributed by atoms with Gasteiger partial charge in [0.05, 0.1) is 12.0 Å². The molecule has 5 heteroatoms. The van der Waals surface area contributed by atoms with E-state index in [1.165, 1.54) is 0 Å². The van der Waals surface area contributed by atoms with Crippen LogP contribution in [0.3, 0.4) is 0 Å². The molecule has 1 unspecified atom stereocenters. The fraction of sp³-hybridized carbons (Fsp3) is 0.909. The molecule has 0 aliphatic heterocycles. The van der Waals surface area contributed by atoms with Crippen LogP contribution in [-0.2, 0) is 14.1 Å². The molecule has 4 nitrogen and oxygen atoms in total. The van der Waals surface area contributed by atoms with Crippen molar-refractivity contribution in [1.29, 1.82) is 0 Å². The van der Waals surface area contributed by atoms with E-state index < -0.39 is 7.95 Å². The van der Waals surface area contributed by atoms with E-state index in [4.69, 9.17) is 4.74 Å². The molecule has 0 fully saturated rings. The van der Waals surface area contributed by atoms with Crippen molar-refractivity contribution in [3.8, 4) is 0 Å². The predicted octanol–water partition coefficient (Wildman–Crippen LogP) is 2.70. The Kier molecular flexibility index (Phi) is 6.13. The second-order valence-electron chi connectivity index (χ2n) is 5.28. The van der Waals surface area contributed by atoms with Crippen molar-refractivity contribution in [2.24, 2.45) is 5.92 Å². The molecule has 2 atom stereocenters. The Morgan fingerprint density at radius 1 is 1.31 bits per heavy atom. The van der Waals surface area contributed by atoms with Gasteiger partial charge < -0.3 is 4.74 Å².